The van der Waals surface area contributed by atoms with Crippen LogP contribution < -0.4 is 10.1 Å². The van der Waals surface area contributed by atoms with Crippen molar-refractivity contribution in [2.75, 3.05) is 6.54 Å². The molecule has 2 aromatic rings. The second-order valence-electron chi connectivity index (χ2n) is 5.31. The summed E-state index contributed by atoms with van der Waals surface area (Å²) in [4.78, 5) is 33.7. The number of benzene rings is 2. The van der Waals surface area contributed by atoms with Gasteiger partial charge in [0.05, 0.1) is 16.9 Å². The highest BCUT2D eigenvalue weighted by atomic mass is 19.1. The average molecular weight is 364 g/mol. The Morgan fingerprint density at radius 2 is 1.92 bits per heavy atom. The first-order valence-corrected chi connectivity index (χ1v) is 7.47. The van der Waals surface area contributed by atoms with Crippen LogP contribution in [-0.2, 0) is 4.79 Å². The van der Waals surface area contributed by atoms with Crippen molar-refractivity contribution in [1.29, 1.82) is 0 Å². The Hall–Kier alpha value is -3.36. The number of carbonyl (C=O) groups is 2. The minimum absolute atomic E-state index is 0.0987. The predicted molar refractivity (Wildman–Crippen MR) is 86.8 cm³/mol. The molecule has 0 aromatic heterocycles. The van der Waals surface area contributed by atoms with E-state index in [2.05, 4.69) is 5.32 Å². The number of amides is 1. The van der Waals surface area contributed by atoms with Crippen molar-refractivity contribution in [3.8, 4) is 5.75 Å². The van der Waals surface area contributed by atoms with E-state index in [-0.39, 0.29) is 30.0 Å². The third-order valence-corrected chi connectivity index (χ3v) is 3.39. The van der Waals surface area contributed by atoms with Crippen LogP contribution in [0.1, 0.15) is 22.3 Å². The Labute approximate surface area is 146 Å². The number of nitrogens with one attached hydrogen (secondary N) is 1. The number of aryl methyl sites for hydroxylation is 1. The molecule has 2 aromatic carbocycles. The lowest BCUT2D eigenvalue weighted by Crippen LogP contribution is -2.27. The van der Waals surface area contributed by atoms with E-state index in [0.29, 0.717) is 11.6 Å². The fraction of sp³-hybridized carbons (Fsp3) is 0.176. The molecular weight excluding hydrogens is 350 g/mol. The summed E-state index contributed by atoms with van der Waals surface area (Å²) in [7, 11) is 0. The van der Waals surface area contributed by atoms with E-state index in [1.165, 1.54) is 25.1 Å². The third kappa shape index (κ3) is 4.82. The SMILES string of the molecule is Cc1cc(OC(=O)CCNC(=O)c2ccc(F)cc2F)ccc1[N+](=O)[O-]. The first kappa shape index (κ1) is 19.0. The van der Waals surface area contributed by atoms with E-state index in [1.54, 1.807) is 0 Å². The highest BCUT2D eigenvalue weighted by Crippen LogP contribution is 2.23. The zero-order valence-electron chi connectivity index (χ0n) is 13.6. The van der Waals surface area contributed by atoms with Crippen LogP contribution in [0.5, 0.6) is 5.75 Å². The summed E-state index contributed by atoms with van der Waals surface area (Å²) in [5.41, 5.74) is -0.107. The van der Waals surface area contributed by atoms with Gasteiger partial charge in [-0.25, -0.2) is 8.78 Å². The van der Waals surface area contributed by atoms with Gasteiger partial charge in [-0.15, -0.1) is 0 Å². The molecule has 0 atom stereocenters. The average Bonchev–Trinajstić information content (AvgIpc) is 2.54. The van der Waals surface area contributed by atoms with Crippen LogP contribution in [0.15, 0.2) is 36.4 Å². The number of hydrogen-bond donors (Lipinski definition) is 1. The number of nitro groups is 1. The number of nitrogens with zero attached hydrogens (tertiary/aromatic N) is 1. The Bertz CT molecular complexity index is 870. The number of rotatable bonds is 6. The summed E-state index contributed by atoms with van der Waals surface area (Å²) in [5, 5.41) is 13.0. The van der Waals surface area contributed by atoms with Gasteiger partial charge in [-0.1, -0.05) is 0 Å². The van der Waals surface area contributed by atoms with Crippen LogP contribution in [0.3, 0.4) is 0 Å². The molecular formula is C17H14F2N2O5. The molecule has 0 bridgehead atoms. The molecule has 2 rings (SSSR count). The molecule has 0 unspecified atom stereocenters. The number of halogens is 2. The Morgan fingerprint density at radius 1 is 1.19 bits per heavy atom. The number of hydrogen-bond acceptors (Lipinski definition) is 5. The van der Waals surface area contributed by atoms with Gasteiger partial charge in [0.15, 0.2) is 0 Å². The molecule has 1 amide bonds. The molecule has 0 heterocycles. The summed E-state index contributed by atoms with van der Waals surface area (Å²) >= 11 is 0. The minimum Gasteiger partial charge on any atom is -0.426 e. The second-order valence-corrected chi connectivity index (χ2v) is 5.31. The second kappa shape index (κ2) is 8.15. The van der Waals surface area contributed by atoms with E-state index < -0.39 is 28.4 Å². The summed E-state index contributed by atoms with van der Waals surface area (Å²) in [5.74, 6) is -3.15. The fourth-order valence-corrected chi connectivity index (χ4v) is 2.13. The standard InChI is InChI=1S/C17H14F2N2O5/c1-10-8-12(3-5-15(10)21(24)25)26-16(22)6-7-20-17(23)13-4-2-11(18)9-14(13)19/h2-5,8-9H,6-7H2,1H3,(H,20,23). The summed E-state index contributed by atoms with van der Waals surface area (Å²) in [6, 6.07) is 6.39. The normalized spacial score (nSPS) is 10.3. The van der Waals surface area contributed by atoms with E-state index in [1.807, 2.05) is 0 Å². The molecule has 26 heavy (non-hydrogen) atoms. The van der Waals surface area contributed by atoms with Crippen molar-refractivity contribution in [2.45, 2.75) is 13.3 Å². The van der Waals surface area contributed by atoms with Crippen molar-refractivity contribution in [1.82, 2.24) is 5.32 Å². The summed E-state index contributed by atoms with van der Waals surface area (Å²) < 4.78 is 31.3. The van der Waals surface area contributed by atoms with Gasteiger partial charge in [0.2, 0.25) is 0 Å². The molecule has 136 valence electrons. The number of ether oxygens (including phenoxy) is 1. The zero-order chi connectivity index (χ0) is 19.3. The van der Waals surface area contributed by atoms with Gasteiger partial charge in [0.25, 0.3) is 11.6 Å². The quantitative estimate of drug-likeness (QED) is 0.368. The predicted octanol–water partition coefficient (Wildman–Crippen LogP) is 2.91. The zero-order valence-corrected chi connectivity index (χ0v) is 13.6. The fourth-order valence-electron chi connectivity index (χ4n) is 2.13. The van der Waals surface area contributed by atoms with Crippen LogP contribution in [0.25, 0.3) is 0 Å². The van der Waals surface area contributed by atoms with Gasteiger partial charge in [0.1, 0.15) is 17.4 Å². The van der Waals surface area contributed by atoms with Crippen molar-refractivity contribution in [3.63, 3.8) is 0 Å². The molecule has 0 saturated heterocycles. The molecule has 1 N–H and O–H groups in total. The molecule has 0 aliphatic heterocycles. The van der Waals surface area contributed by atoms with E-state index in [0.717, 1.165) is 12.1 Å². The van der Waals surface area contributed by atoms with Crippen molar-refractivity contribution < 1.29 is 28.0 Å². The maximum Gasteiger partial charge on any atom is 0.312 e. The Kier molecular flexibility index (Phi) is 5.94. The molecule has 9 heteroatoms. The lowest BCUT2D eigenvalue weighted by molar-refractivity contribution is -0.385. The number of carbonyl (C=O) groups excluding carboxylic acids is 2. The number of esters is 1. The maximum atomic E-state index is 13.5. The third-order valence-electron chi connectivity index (χ3n) is 3.39. The van der Waals surface area contributed by atoms with Gasteiger partial charge >= 0.3 is 5.97 Å². The van der Waals surface area contributed by atoms with Crippen LogP contribution in [-0.4, -0.2) is 23.3 Å². The minimum atomic E-state index is -1.01. The Morgan fingerprint density at radius 3 is 2.54 bits per heavy atom. The van der Waals surface area contributed by atoms with Crippen LogP contribution in [0, 0.1) is 28.7 Å². The molecule has 0 aliphatic carbocycles. The first-order chi connectivity index (χ1) is 12.3. The molecule has 0 radical (unpaired) electrons. The van der Waals surface area contributed by atoms with Crippen LogP contribution >= 0.6 is 0 Å². The van der Waals surface area contributed by atoms with Gasteiger partial charge in [0, 0.05) is 24.2 Å². The van der Waals surface area contributed by atoms with Gasteiger partial charge in [-0.3, -0.25) is 19.7 Å². The molecule has 0 fully saturated rings. The lowest BCUT2D eigenvalue weighted by atomic mass is 10.2. The van der Waals surface area contributed by atoms with Crippen molar-refractivity contribution in [3.05, 3.63) is 69.3 Å². The van der Waals surface area contributed by atoms with Crippen LogP contribution in [0.4, 0.5) is 14.5 Å². The topological polar surface area (TPSA) is 98.5 Å². The van der Waals surface area contributed by atoms with Gasteiger partial charge < -0.3 is 10.1 Å². The van der Waals surface area contributed by atoms with E-state index in [4.69, 9.17) is 4.74 Å². The molecule has 0 spiro atoms. The summed E-state index contributed by atoms with van der Waals surface area (Å²) in [6.07, 6.45) is -0.204. The van der Waals surface area contributed by atoms with Crippen molar-refractivity contribution >= 4 is 17.6 Å². The smallest absolute Gasteiger partial charge is 0.312 e. The van der Waals surface area contributed by atoms with E-state index >= 15 is 0 Å². The Balaban J connectivity index is 1.86. The molecule has 7 nitrogen and oxygen atoms in total. The monoisotopic (exact) mass is 364 g/mol. The molecule has 0 saturated carbocycles. The highest BCUT2D eigenvalue weighted by Gasteiger charge is 2.14. The highest BCUT2D eigenvalue weighted by molar-refractivity contribution is 5.94. The summed E-state index contributed by atoms with van der Waals surface area (Å²) in [6.45, 7) is 1.38. The van der Waals surface area contributed by atoms with E-state index in [9.17, 15) is 28.5 Å². The van der Waals surface area contributed by atoms with Crippen molar-refractivity contribution in [2.24, 2.45) is 0 Å². The maximum absolute atomic E-state index is 13.5. The number of nitro benzene ring substituents is 1. The first-order valence-electron chi connectivity index (χ1n) is 7.47. The molecule has 0 aliphatic rings. The van der Waals surface area contributed by atoms with Crippen LogP contribution in [0.2, 0.25) is 0 Å². The lowest BCUT2D eigenvalue weighted by Gasteiger charge is -2.07. The largest absolute Gasteiger partial charge is 0.426 e. The van der Waals surface area contributed by atoms with Gasteiger partial charge in [-0.05, 0) is 31.2 Å². The van der Waals surface area contributed by atoms with Gasteiger partial charge in [-0.2, -0.15) is 0 Å².